The molecule has 0 unspecified atom stereocenters. The molecule has 0 saturated carbocycles. The van der Waals surface area contributed by atoms with Crippen LogP contribution in [0, 0.1) is 23.3 Å². The molecule has 23 heavy (non-hydrogen) atoms. The molecule has 124 valence electrons. The van der Waals surface area contributed by atoms with Gasteiger partial charge in [-0.25, -0.2) is 22.4 Å². The minimum absolute atomic E-state index is 0.151. The van der Waals surface area contributed by atoms with Crippen molar-refractivity contribution in [3.63, 3.8) is 0 Å². The Hall–Kier alpha value is -2.10. The second-order valence-corrected chi connectivity index (χ2v) is 5.24. The molecule has 0 atom stereocenters. The second kappa shape index (κ2) is 5.84. The van der Waals surface area contributed by atoms with E-state index in [4.69, 9.17) is 0 Å². The third kappa shape index (κ3) is 2.90. The Kier molecular flexibility index (Phi) is 4.38. The van der Waals surface area contributed by atoms with Crippen molar-refractivity contribution in [1.29, 1.82) is 0 Å². The lowest BCUT2D eigenvalue weighted by atomic mass is 10.1. The van der Waals surface area contributed by atoms with E-state index in [9.17, 15) is 35.5 Å². The van der Waals surface area contributed by atoms with Crippen molar-refractivity contribution in [3.8, 4) is 10.4 Å². The number of ether oxygens (including phenoxy) is 1. The largest absolute Gasteiger partial charge is 0.465 e. The Morgan fingerprint density at radius 1 is 1.00 bits per heavy atom. The minimum atomic E-state index is -5.61. The van der Waals surface area contributed by atoms with Gasteiger partial charge in [0, 0.05) is 4.88 Å². The summed E-state index contributed by atoms with van der Waals surface area (Å²) in [6.07, 6.45) is -5.61. The highest BCUT2D eigenvalue weighted by molar-refractivity contribution is 7.17. The molecule has 0 aliphatic rings. The Morgan fingerprint density at radius 2 is 1.52 bits per heavy atom. The van der Waals surface area contributed by atoms with E-state index in [0.717, 1.165) is 19.2 Å². The molecule has 1 aromatic carbocycles. The highest BCUT2D eigenvalue weighted by Gasteiger charge is 2.42. The molecule has 2 aromatic rings. The number of alkyl halides is 3. The zero-order chi connectivity index (χ0) is 17.5. The van der Waals surface area contributed by atoms with E-state index >= 15 is 0 Å². The number of halogens is 7. The first-order chi connectivity index (χ1) is 10.6. The summed E-state index contributed by atoms with van der Waals surface area (Å²) in [6, 6.07) is 1.99. The summed E-state index contributed by atoms with van der Waals surface area (Å²) in [5, 5.41) is 0. The average molecular weight is 358 g/mol. The molecule has 0 aliphatic heterocycles. The topological polar surface area (TPSA) is 26.3 Å². The Morgan fingerprint density at radius 3 is 1.96 bits per heavy atom. The second-order valence-electron chi connectivity index (χ2n) is 4.16. The van der Waals surface area contributed by atoms with Crippen LogP contribution in [0.25, 0.3) is 10.4 Å². The predicted molar refractivity (Wildman–Crippen MR) is 65.9 cm³/mol. The lowest BCUT2D eigenvalue weighted by Crippen LogP contribution is -2.15. The Labute approximate surface area is 128 Å². The van der Waals surface area contributed by atoms with Crippen molar-refractivity contribution in [2.75, 3.05) is 7.11 Å². The molecule has 1 heterocycles. The SMILES string of the molecule is COC(=O)c1ccc(-c2c(F)c(F)c(C(F)(F)F)c(F)c2F)s1. The summed E-state index contributed by atoms with van der Waals surface area (Å²) in [4.78, 5) is 10.6. The molecular weight excluding hydrogens is 353 g/mol. The van der Waals surface area contributed by atoms with Crippen LogP contribution < -0.4 is 0 Å². The van der Waals surface area contributed by atoms with Crippen molar-refractivity contribution >= 4 is 17.3 Å². The van der Waals surface area contributed by atoms with Crippen LogP contribution in [0.5, 0.6) is 0 Å². The van der Waals surface area contributed by atoms with Gasteiger partial charge in [-0.15, -0.1) is 11.3 Å². The Balaban J connectivity index is 2.70. The van der Waals surface area contributed by atoms with E-state index in [-0.39, 0.29) is 4.88 Å². The van der Waals surface area contributed by atoms with Crippen molar-refractivity contribution in [3.05, 3.63) is 45.8 Å². The molecule has 0 bridgehead atoms. The van der Waals surface area contributed by atoms with Gasteiger partial charge in [0.05, 0.1) is 12.7 Å². The predicted octanol–water partition coefficient (Wildman–Crippen LogP) is 4.78. The van der Waals surface area contributed by atoms with Crippen molar-refractivity contribution in [2.45, 2.75) is 6.18 Å². The lowest BCUT2D eigenvalue weighted by Gasteiger charge is -2.13. The first-order valence-electron chi connectivity index (χ1n) is 5.71. The van der Waals surface area contributed by atoms with Gasteiger partial charge in [0.1, 0.15) is 10.4 Å². The molecule has 0 spiro atoms. The molecule has 2 rings (SSSR count). The third-order valence-corrected chi connectivity index (χ3v) is 3.87. The maximum Gasteiger partial charge on any atom is 0.422 e. The molecule has 0 amide bonds. The molecule has 10 heteroatoms. The maximum absolute atomic E-state index is 13.8. The summed E-state index contributed by atoms with van der Waals surface area (Å²) >= 11 is 0.409. The van der Waals surface area contributed by atoms with Gasteiger partial charge >= 0.3 is 12.1 Å². The lowest BCUT2D eigenvalue weighted by molar-refractivity contribution is -0.143. The van der Waals surface area contributed by atoms with Crippen LogP contribution in [-0.4, -0.2) is 13.1 Å². The van der Waals surface area contributed by atoms with Gasteiger partial charge in [-0.3, -0.25) is 0 Å². The van der Waals surface area contributed by atoms with Gasteiger partial charge in [0.15, 0.2) is 23.3 Å². The third-order valence-electron chi connectivity index (χ3n) is 2.79. The number of esters is 1. The van der Waals surface area contributed by atoms with Crippen LogP contribution in [-0.2, 0) is 10.9 Å². The van der Waals surface area contributed by atoms with E-state index in [1.165, 1.54) is 0 Å². The number of hydrogen-bond acceptors (Lipinski definition) is 3. The van der Waals surface area contributed by atoms with Gasteiger partial charge in [-0.2, -0.15) is 13.2 Å². The fourth-order valence-electron chi connectivity index (χ4n) is 1.78. The number of carbonyl (C=O) groups is 1. The number of methoxy groups -OCH3 is 1. The first kappa shape index (κ1) is 17.3. The van der Waals surface area contributed by atoms with Gasteiger partial charge in [0.2, 0.25) is 0 Å². The molecule has 0 N–H and O–H groups in total. The summed E-state index contributed by atoms with van der Waals surface area (Å²) < 4.78 is 96.5. The molecule has 0 saturated heterocycles. The van der Waals surface area contributed by atoms with E-state index in [1.54, 1.807) is 0 Å². The fraction of sp³-hybridized carbons (Fsp3) is 0.154. The van der Waals surface area contributed by atoms with Crippen LogP contribution in [0.1, 0.15) is 15.2 Å². The smallest absolute Gasteiger partial charge is 0.422 e. The number of thiophene rings is 1. The van der Waals surface area contributed by atoms with E-state index in [2.05, 4.69) is 4.74 Å². The van der Waals surface area contributed by atoms with E-state index in [0.29, 0.717) is 11.3 Å². The van der Waals surface area contributed by atoms with Gasteiger partial charge in [-0.05, 0) is 12.1 Å². The normalized spacial score (nSPS) is 11.7. The highest BCUT2D eigenvalue weighted by atomic mass is 32.1. The summed E-state index contributed by atoms with van der Waals surface area (Å²) in [5.74, 6) is -10.4. The quantitative estimate of drug-likeness (QED) is 0.439. The summed E-state index contributed by atoms with van der Waals surface area (Å²) in [7, 11) is 1.03. The van der Waals surface area contributed by atoms with Crippen LogP contribution in [0.2, 0.25) is 0 Å². The zero-order valence-electron chi connectivity index (χ0n) is 11.0. The van der Waals surface area contributed by atoms with Gasteiger partial charge in [0.25, 0.3) is 0 Å². The van der Waals surface area contributed by atoms with Crippen LogP contribution in [0.4, 0.5) is 30.7 Å². The van der Waals surface area contributed by atoms with Crippen LogP contribution in [0.15, 0.2) is 12.1 Å². The fourth-order valence-corrected chi connectivity index (χ4v) is 2.74. The van der Waals surface area contributed by atoms with Crippen LogP contribution in [0.3, 0.4) is 0 Å². The number of hydrogen-bond donors (Lipinski definition) is 0. The minimum Gasteiger partial charge on any atom is -0.465 e. The molecular formula is C13H5F7O2S. The zero-order valence-corrected chi connectivity index (χ0v) is 11.8. The molecule has 1 aromatic heterocycles. The Bertz CT molecular complexity index is 750. The standard InChI is InChI=1S/C13H5F7O2S/c1-22-12(21)5-3-2-4(23-5)6-8(14)10(16)7(13(18,19)20)11(17)9(6)15/h2-3H,1H3. The van der Waals surface area contributed by atoms with Crippen LogP contribution >= 0.6 is 11.3 Å². The molecule has 2 nitrogen and oxygen atoms in total. The number of carbonyl (C=O) groups excluding carboxylic acids is 1. The summed E-state index contributed by atoms with van der Waals surface area (Å²) in [6.45, 7) is 0. The van der Waals surface area contributed by atoms with Crippen molar-refractivity contribution in [2.24, 2.45) is 0 Å². The monoisotopic (exact) mass is 358 g/mol. The molecule has 0 radical (unpaired) electrons. The van der Waals surface area contributed by atoms with E-state index < -0.39 is 51.4 Å². The molecule has 0 fully saturated rings. The van der Waals surface area contributed by atoms with Gasteiger partial charge in [-0.1, -0.05) is 0 Å². The molecule has 0 aliphatic carbocycles. The van der Waals surface area contributed by atoms with E-state index in [1.807, 2.05) is 0 Å². The van der Waals surface area contributed by atoms with Crippen molar-refractivity contribution in [1.82, 2.24) is 0 Å². The first-order valence-corrected chi connectivity index (χ1v) is 6.52. The summed E-state index contributed by atoms with van der Waals surface area (Å²) in [5.41, 5.74) is -3.98. The van der Waals surface area contributed by atoms with Gasteiger partial charge < -0.3 is 4.74 Å². The number of benzene rings is 1. The average Bonchev–Trinajstić information content (AvgIpc) is 2.93. The number of rotatable bonds is 2. The highest BCUT2D eigenvalue weighted by Crippen LogP contribution is 2.41. The van der Waals surface area contributed by atoms with Crippen molar-refractivity contribution < 1.29 is 40.3 Å². The maximum atomic E-state index is 13.8.